The van der Waals surface area contributed by atoms with E-state index in [1.165, 1.54) is 24.0 Å². The average molecular weight is 454 g/mol. The van der Waals surface area contributed by atoms with Gasteiger partial charge in [-0.2, -0.15) is 0 Å². The molecule has 0 atom stereocenters. The van der Waals surface area contributed by atoms with Crippen LogP contribution >= 0.6 is 22.9 Å². The number of aromatic nitrogens is 1. The van der Waals surface area contributed by atoms with Gasteiger partial charge in [0.2, 0.25) is 6.79 Å². The molecule has 0 saturated heterocycles. The molecule has 0 amide bonds. The Morgan fingerprint density at radius 3 is 2.61 bits per heavy atom. The van der Waals surface area contributed by atoms with Crippen LogP contribution in [-0.4, -0.2) is 22.7 Å². The predicted molar refractivity (Wildman–Crippen MR) is 124 cm³/mol. The molecule has 0 bridgehead atoms. The van der Waals surface area contributed by atoms with Crippen molar-refractivity contribution in [2.45, 2.75) is 38.5 Å². The van der Waals surface area contributed by atoms with Gasteiger partial charge in [-0.3, -0.25) is 4.90 Å². The SMILES string of the molecule is C=C(NC1CC1)c1csc(CN(Cc2ccc(Cl)cc2)Cc2ccc3c(c2)OCO3)n1. The summed E-state index contributed by atoms with van der Waals surface area (Å²) in [7, 11) is 0. The van der Waals surface area contributed by atoms with E-state index in [1.807, 2.05) is 18.2 Å². The summed E-state index contributed by atoms with van der Waals surface area (Å²) in [5.74, 6) is 1.61. The third kappa shape index (κ3) is 5.21. The summed E-state index contributed by atoms with van der Waals surface area (Å²) >= 11 is 7.75. The van der Waals surface area contributed by atoms with Gasteiger partial charge in [-0.25, -0.2) is 4.98 Å². The molecule has 1 saturated carbocycles. The van der Waals surface area contributed by atoms with Crippen LogP contribution in [0.2, 0.25) is 5.02 Å². The summed E-state index contributed by atoms with van der Waals surface area (Å²) in [5, 5.41) is 7.35. The van der Waals surface area contributed by atoms with E-state index in [0.29, 0.717) is 6.04 Å². The lowest BCUT2D eigenvalue weighted by Gasteiger charge is -2.22. The van der Waals surface area contributed by atoms with E-state index in [9.17, 15) is 0 Å². The summed E-state index contributed by atoms with van der Waals surface area (Å²) in [6.45, 7) is 6.76. The molecule has 1 aliphatic heterocycles. The Hall–Kier alpha value is -2.54. The maximum atomic E-state index is 6.07. The van der Waals surface area contributed by atoms with Gasteiger partial charge in [-0.15, -0.1) is 11.3 Å². The largest absolute Gasteiger partial charge is 0.454 e. The van der Waals surface area contributed by atoms with Gasteiger partial charge in [0.05, 0.1) is 17.9 Å². The van der Waals surface area contributed by atoms with Crippen molar-refractivity contribution >= 4 is 28.6 Å². The fourth-order valence-electron chi connectivity index (χ4n) is 3.57. The minimum atomic E-state index is 0.286. The Labute approximate surface area is 191 Å². The van der Waals surface area contributed by atoms with Crippen molar-refractivity contribution in [1.29, 1.82) is 0 Å². The van der Waals surface area contributed by atoms with Crippen molar-refractivity contribution < 1.29 is 9.47 Å². The Balaban J connectivity index is 1.32. The Morgan fingerprint density at radius 2 is 1.81 bits per heavy atom. The standard InChI is InChI=1S/C24H24ClN3O2S/c1-16(26-20-7-8-20)21-14-31-24(27-21)13-28(11-17-2-5-19(25)6-3-17)12-18-4-9-22-23(10-18)30-15-29-22/h2-6,9-10,14,20,26H,1,7-8,11-13,15H2. The number of thiazole rings is 1. The molecule has 5 nitrogen and oxygen atoms in total. The molecule has 5 rings (SSSR count). The first kappa shape index (κ1) is 20.4. The molecule has 2 heterocycles. The van der Waals surface area contributed by atoms with E-state index in [0.717, 1.165) is 52.6 Å². The monoisotopic (exact) mass is 453 g/mol. The van der Waals surface area contributed by atoms with Gasteiger partial charge in [-0.1, -0.05) is 36.4 Å². The normalized spacial score (nSPS) is 14.8. The van der Waals surface area contributed by atoms with Crippen LogP contribution in [0.4, 0.5) is 0 Å². The molecule has 1 N–H and O–H groups in total. The molecule has 160 valence electrons. The number of hydrogen-bond acceptors (Lipinski definition) is 6. The lowest BCUT2D eigenvalue weighted by molar-refractivity contribution is 0.174. The zero-order chi connectivity index (χ0) is 21.2. The van der Waals surface area contributed by atoms with E-state index in [2.05, 4.69) is 46.4 Å². The number of fused-ring (bicyclic) bond motifs is 1. The number of benzene rings is 2. The van der Waals surface area contributed by atoms with Gasteiger partial charge in [0.25, 0.3) is 0 Å². The Kier molecular flexibility index (Phi) is 5.85. The van der Waals surface area contributed by atoms with Crippen LogP contribution in [0.3, 0.4) is 0 Å². The number of ether oxygens (including phenoxy) is 2. The molecule has 2 aromatic carbocycles. The summed E-state index contributed by atoms with van der Waals surface area (Å²) in [5.41, 5.74) is 4.25. The smallest absolute Gasteiger partial charge is 0.231 e. The summed E-state index contributed by atoms with van der Waals surface area (Å²) in [4.78, 5) is 7.21. The molecule has 2 aliphatic rings. The van der Waals surface area contributed by atoms with Gasteiger partial charge >= 0.3 is 0 Å². The minimum absolute atomic E-state index is 0.286. The summed E-state index contributed by atoms with van der Waals surface area (Å²) in [6.07, 6.45) is 2.45. The maximum Gasteiger partial charge on any atom is 0.231 e. The first-order valence-electron chi connectivity index (χ1n) is 10.4. The lowest BCUT2D eigenvalue weighted by atomic mass is 10.1. The third-order valence-corrected chi connectivity index (χ3v) is 6.42. The average Bonchev–Trinajstić information content (AvgIpc) is 3.24. The molecule has 0 spiro atoms. The van der Waals surface area contributed by atoms with Crippen LogP contribution in [0.15, 0.2) is 54.4 Å². The van der Waals surface area contributed by atoms with E-state index in [-0.39, 0.29) is 6.79 Å². The fourth-order valence-corrected chi connectivity index (χ4v) is 4.55. The first-order chi connectivity index (χ1) is 15.1. The molecule has 31 heavy (non-hydrogen) atoms. The van der Waals surface area contributed by atoms with Gasteiger partial charge in [0.1, 0.15) is 5.01 Å². The summed E-state index contributed by atoms with van der Waals surface area (Å²) in [6, 6.07) is 14.7. The minimum Gasteiger partial charge on any atom is -0.454 e. The third-order valence-electron chi connectivity index (χ3n) is 5.34. The van der Waals surface area contributed by atoms with E-state index < -0.39 is 0 Å². The van der Waals surface area contributed by atoms with Crippen LogP contribution in [0.1, 0.15) is 34.7 Å². The highest BCUT2D eigenvalue weighted by atomic mass is 35.5. The highest BCUT2D eigenvalue weighted by Gasteiger charge is 2.22. The second-order valence-corrected chi connectivity index (χ2v) is 9.36. The van der Waals surface area contributed by atoms with Crippen molar-refractivity contribution in [3.8, 4) is 11.5 Å². The van der Waals surface area contributed by atoms with Crippen LogP contribution in [0, 0.1) is 0 Å². The lowest BCUT2D eigenvalue weighted by Crippen LogP contribution is -2.22. The van der Waals surface area contributed by atoms with Crippen LogP contribution in [-0.2, 0) is 19.6 Å². The fraction of sp³-hybridized carbons (Fsp3) is 0.292. The van der Waals surface area contributed by atoms with E-state index in [1.54, 1.807) is 11.3 Å². The number of hydrogen-bond donors (Lipinski definition) is 1. The Bertz CT molecular complexity index is 1080. The molecule has 7 heteroatoms. The number of halogens is 1. The van der Waals surface area contributed by atoms with Crippen LogP contribution in [0.5, 0.6) is 11.5 Å². The van der Waals surface area contributed by atoms with E-state index >= 15 is 0 Å². The maximum absolute atomic E-state index is 6.07. The van der Waals surface area contributed by atoms with Gasteiger partial charge in [-0.05, 0) is 48.2 Å². The molecule has 0 unspecified atom stereocenters. The highest BCUT2D eigenvalue weighted by molar-refractivity contribution is 7.09. The topological polar surface area (TPSA) is 46.6 Å². The quantitative estimate of drug-likeness (QED) is 0.466. The second-order valence-electron chi connectivity index (χ2n) is 7.98. The van der Waals surface area contributed by atoms with Gasteiger partial charge in [0.15, 0.2) is 11.5 Å². The van der Waals surface area contributed by atoms with Gasteiger partial charge in [0, 0.05) is 29.5 Å². The Morgan fingerprint density at radius 1 is 1.06 bits per heavy atom. The number of nitrogens with one attached hydrogen (secondary N) is 1. The first-order valence-corrected chi connectivity index (χ1v) is 11.6. The van der Waals surface area contributed by atoms with Crippen molar-refractivity contribution in [1.82, 2.24) is 15.2 Å². The van der Waals surface area contributed by atoms with Crippen LogP contribution < -0.4 is 14.8 Å². The van der Waals surface area contributed by atoms with Crippen molar-refractivity contribution in [3.63, 3.8) is 0 Å². The molecule has 1 aromatic heterocycles. The number of nitrogens with zero attached hydrogens (tertiary/aromatic N) is 2. The van der Waals surface area contributed by atoms with Crippen molar-refractivity contribution in [2.24, 2.45) is 0 Å². The molecule has 0 radical (unpaired) electrons. The molecule has 1 fully saturated rings. The molecule has 1 aliphatic carbocycles. The zero-order valence-corrected chi connectivity index (χ0v) is 18.7. The zero-order valence-electron chi connectivity index (χ0n) is 17.1. The van der Waals surface area contributed by atoms with Gasteiger partial charge < -0.3 is 14.8 Å². The number of rotatable bonds is 9. The molecule has 3 aromatic rings. The van der Waals surface area contributed by atoms with E-state index in [4.69, 9.17) is 26.1 Å². The predicted octanol–water partition coefficient (Wildman–Crippen LogP) is 5.45. The van der Waals surface area contributed by atoms with Crippen LogP contribution in [0.25, 0.3) is 5.70 Å². The summed E-state index contributed by atoms with van der Waals surface area (Å²) < 4.78 is 11.0. The second kappa shape index (κ2) is 8.91. The van der Waals surface area contributed by atoms with Crippen molar-refractivity contribution in [3.05, 3.63) is 81.3 Å². The molecular weight excluding hydrogens is 430 g/mol. The van der Waals surface area contributed by atoms with Crippen molar-refractivity contribution in [2.75, 3.05) is 6.79 Å². The highest BCUT2D eigenvalue weighted by Crippen LogP contribution is 2.33. The molecular formula is C24H24ClN3O2S.